The molecular formula is C25H26N4O2. The Morgan fingerprint density at radius 2 is 1.39 bits per heavy atom. The first-order valence-electron chi connectivity index (χ1n) is 10.5. The summed E-state index contributed by atoms with van der Waals surface area (Å²) in [5.74, 6) is -0.403. The van der Waals surface area contributed by atoms with Gasteiger partial charge in [0, 0.05) is 35.8 Å². The molecule has 1 fully saturated rings. The number of para-hydroxylation sites is 2. The van der Waals surface area contributed by atoms with Gasteiger partial charge >= 0.3 is 0 Å². The number of hydrogen-bond donors (Lipinski definition) is 3. The Morgan fingerprint density at radius 1 is 0.742 bits per heavy atom. The predicted molar refractivity (Wildman–Crippen MR) is 126 cm³/mol. The van der Waals surface area contributed by atoms with E-state index in [4.69, 9.17) is 0 Å². The number of nitrogens with zero attached hydrogens (tertiary/aromatic N) is 1. The highest BCUT2D eigenvalue weighted by Gasteiger charge is 2.13. The maximum absolute atomic E-state index is 12.7. The zero-order chi connectivity index (χ0) is 21.5. The van der Waals surface area contributed by atoms with Crippen LogP contribution >= 0.6 is 0 Å². The summed E-state index contributed by atoms with van der Waals surface area (Å²) in [5, 5.41) is 8.84. The Labute approximate surface area is 182 Å². The lowest BCUT2D eigenvalue weighted by molar-refractivity contribution is -0.114. The number of nitrogens with one attached hydrogen (secondary N) is 3. The lowest BCUT2D eigenvalue weighted by atomic mass is 10.1. The molecule has 158 valence electrons. The van der Waals surface area contributed by atoms with E-state index in [2.05, 4.69) is 20.9 Å². The number of rotatable bonds is 7. The van der Waals surface area contributed by atoms with Crippen LogP contribution in [0.2, 0.25) is 0 Å². The normalized spacial score (nSPS) is 13.0. The molecule has 1 heterocycles. The zero-order valence-corrected chi connectivity index (χ0v) is 17.3. The highest BCUT2D eigenvalue weighted by atomic mass is 16.2. The van der Waals surface area contributed by atoms with Crippen LogP contribution < -0.4 is 20.9 Å². The fraction of sp³-hybridized carbons (Fsp3) is 0.200. The number of hydrogen-bond acceptors (Lipinski definition) is 4. The topological polar surface area (TPSA) is 73.5 Å². The fourth-order valence-electron chi connectivity index (χ4n) is 3.67. The van der Waals surface area contributed by atoms with Gasteiger partial charge in [-0.25, -0.2) is 0 Å². The highest BCUT2D eigenvalue weighted by molar-refractivity contribution is 6.08. The summed E-state index contributed by atoms with van der Waals surface area (Å²) in [5.41, 5.74) is 3.75. The summed E-state index contributed by atoms with van der Waals surface area (Å²) in [6.07, 6.45) is 2.46. The van der Waals surface area contributed by atoms with Gasteiger partial charge in [-0.05, 0) is 61.4 Å². The second kappa shape index (κ2) is 9.80. The van der Waals surface area contributed by atoms with Crippen molar-refractivity contribution in [1.29, 1.82) is 0 Å². The Balaban J connectivity index is 1.33. The molecule has 3 aromatic rings. The lowest BCUT2D eigenvalue weighted by Gasteiger charge is -2.18. The summed E-state index contributed by atoms with van der Waals surface area (Å²) in [6.45, 7) is 2.24. The molecule has 1 saturated heterocycles. The zero-order valence-electron chi connectivity index (χ0n) is 17.3. The van der Waals surface area contributed by atoms with Gasteiger partial charge in [-0.2, -0.15) is 0 Å². The van der Waals surface area contributed by atoms with Gasteiger partial charge in [0.1, 0.15) is 0 Å². The van der Waals surface area contributed by atoms with Gasteiger partial charge in [0.05, 0.1) is 12.1 Å². The van der Waals surface area contributed by atoms with E-state index in [0.717, 1.165) is 24.5 Å². The lowest BCUT2D eigenvalue weighted by Crippen LogP contribution is -2.23. The average molecular weight is 415 g/mol. The van der Waals surface area contributed by atoms with Gasteiger partial charge in [-0.3, -0.25) is 9.59 Å². The maximum atomic E-state index is 12.7. The first kappa shape index (κ1) is 20.5. The molecule has 4 rings (SSSR count). The summed E-state index contributed by atoms with van der Waals surface area (Å²) < 4.78 is 0. The van der Waals surface area contributed by atoms with E-state index in [0.29, 0.717) is 11.3 Å². The van der Waals surface area contributed by atoms with Crippen molar-refractivity contribution in [2.75, 3.05) is 40.5 Å². The van der Waals surface area contributed by atoms with Crippen molar-refractivity contribution in [3.05, 3.63) is 84.4 Å². The first-order chi connectivity index (χ1) is 15.2. The molecule has 0 aromatic heterocycles. The van der Waals surface area contributed by atoms with Crippen molar-refractivity contribution in [1.82, 2.24) is 0 Å². The van der Waals surface area contributed by atoms with Crippen LogP contribution in [0.25, 0.3) is 0 Å². The third-order valence-corrected chi connectivity index (χ3v) is 5.27. The van der Waals surface area contributed by atoms with Crippen LogP contribution in [-0.2, 0) is 4.79 Å². The predicted octanol–water partition coefficient (Wildman–Crippen LogP) is 4.59. The number of anilines is 4. The third-order valence-electron chi connectivity index (χ3n) is 5.27. The molecule has 6 nitrogen and oxygen atoms in total. The van der Waals surface area contributed by atoms with Crippen molar-refractivity contribution in [3.8, 4) is 0 Å². The molecule has 2 amide bonds. The van der Waals surface area contributed by atoms with Gasteiger partial charge in [0.15, 0.2) is 0 Å². The molecule has 31 heavy (non-hydrogen) atoms. The van der Waals surface area contributed by atoms with Gasteiger partial charge in [0.2, 0.25) is 5.91 Å². The number of carbonyl (C=O) groups is 2. The molecule has 1 aliphatic heterocycles. The molecular weight excluding hydrogens is 388 g/mol. The van der Waals surface area contributed by atoms with E-state index < -0.39 is 0 Å². The van der Waals surface area contributed by atoms with E-state index in [1.165, 1.54) is 18.5 Å². The highest BCUT2D eigenvalue weighted by Crippen LogP contribution is 2.22. The van der Waals surface area contributed by atoms with Crippen LogP contribution in [0.3, 0.4) is 0 Å². The van der Waals surface area contributed by atoms with Gasteiger partial charge in [0.25, 0.3) is 5.91 Å². The van der Waals surface area contributed by atoms with E-state index in [1.54, 1.807) is 18.2 Å². The monoisotopic (exact) mass is 414 g/mol. The van der Waals surface area contributed by atoms with E-state index in [9.17, 15) is 9.59 Å². The second-order valence-corrected chi connectivity index (χ2v) is 7.51. The first-order valence-corrected chi connectivity index (χ1v) is 10.5. The molecule has 3 aromatic carbocycles. The van der Waals surface area contributed by atoms with Crippen molar-refractivity contribution in [2.24, 2.45) is 0 Å². The molecule has 6 heteroatoms. The summed E-state index contributed by atoms with van der Waals surface area (Å²) in [4.78, 5) is 27.4. The Hall–Kier alpha value is -3.80. The largest absolute Gasteiger partial charge is 0.376 e. The van der Waals surface area contributed by atoms with Crippen LogP contribution in [0.4, 0.5) is 22.7 Å². The van der Waals surface area contributed by atoms with E-state index >= 15 is 0 Å². The van der Waals surface area contributed by atoms with E-state index in [-0.39, 0.29) is 18.4 Å². The molecule has 0 saturated carbocycles. The maximum Gasteiger partial charge on any atom is 0.257 e. The fourth-order valence-corrected chi connectivity index (χ4v) is 3.67. The minimum absolute atomic E-state index is 0.0590. The molecule has 0 radical (unpaired) electrons. The van der Waals surface area contributed by atoms with Crippen LogP contribution in [0, 0.1) is 0 Å². The standard InChI is InChI=1S/C25H26N4O2/c30-24(27-20-12-14-21(15-13-20)29-16-6-7-17-29)18-26-23-11-5-4-10-22(23)25(31)28-19-8-2-1-3-9-19/h1-5,8-15,26H,6-7,16-18H2,(H,27,30)(H,28,31). The second-order valence-electron chi connectivity index (χ2n) is 7.51. The molecule has 0 spiro atoms. The van der Waals surface area contributed by atoms with Crippen LogP contribution in [-0.4, -0.2) is 31.4 Å². The number of amides is 2. The van der Waals surface area contributed by atoms with Crippen molar-refractivity contribution in [2.45, 2.75) is 12.8 Å². The minimum Gasteiger partial charge on any atom is -0.376 e. The van der Waals surface area contributed by atoms with Crippen molar-refractivity contribution >= 4 is 34.6 Å². The molecule has 3 N–H and O–H groups in total. The van der Waals surface area contributed by atoms with Gasteiger partial charge in [-0.1, -0.05) is 30.3 Å². The molecule has 0 aliphatic carbocycles. The molecule has 0 atom stereocenters. The average Bonchev–Trinajstić information content (AvgIpc) is 3.34. The van der Waals surface area contributed by atoms with Gasteiger partial charge in [-0.15, -0.1) is 0 Å². The Kier molecular flexibility index (Phi) is 6.47. The van der Waals surface area contributed by atoms with Crippen molar-refractivity contribution < 1.29 is 9.59 Å². The minimum atomic E-state index is -0.229. The number of carbonyl (C=O) groups excluding carboxylic acids is 2. The van der Waals surface area contributed by atoms with Crippen LogP contribution in [0.5, 0.6) is 0 Å². The Morgan fingerprint density at radius 3 is 2.13 bits per heavy atom. The van der Waals surface area contributed by atoms with Crippen molar-refractivity contribution in [3.63, 3.8) is 0 Å². The summed E-state index contributed by atoms with van der Waals surface area (Å²) >= 11 is 0. The third kappa shape index (κ3) is 5.42. The number of benzene rings is 3. The summed E-state index contributed by atoms with van der Waals surface area (Å²) in [6, 6.07) is 24.4. The molecule has 0 unspecified atom stereocenters. The molecule has 0 bridgehead atoms. The van der Waals surface area contributed by atoms with Gasteiger partial charge < -0.3 is 20.9 Å². The van der Waals surface area contributed by atoms with Crippen LogP contribution in [0.15, 0.2) is 78.9 Å². The van der Waals surface area contributed by atoms with Crippen LogP contribution in [0.1, 0.15) is 23.2 Å². The SMILES string of the molecule is O=C(CNc1ccccc1C(=O)Nc1ccccc1)Nc1ccc(N2CCCC2)cc1. The molecule has 1 aliphatic rings. The summed E-state index contributed by atoms with van der Waals surface area (Å²) in [7, 11) is 0. The van der Waals surface area contributed by atoms with E-state index in [1.807, 2.05) is 60.7 Å². The quantitative estimate of drug-likeness (QED) is 0.529. The smallest absolute Gasteiger partial charge is 0.257 e. The Bertz CT molecular complexity index is 1030.